The monoisotopic (exact) mass is 262 g/mol. The van der Waals surface area contributed by atoms with E-state index in [0.29, 0.717) is 6.54 Å². The Kier molecular flexibility index (Phi) is 3.69. The molecule has 1 fully saturated rings. The summed E-state index contributed by atoms with van der Waals surface area (Å²) in [5.41, 5.74) is 7.30. The predicted molar refractivity (Wildman–Crippen MR) is 76.5 cm³/mol. The average molecular weight is 262 g/mol. The quantitative estimate of drug-likeness (QED) is 0.907. The Morgan fingerprint density at radius 3 is 2.84 bits per heavy atom. The van der Waals surface area contributed by atoms with Crippen molar-refractivity contribution < 1.29 is 9.53 Å². The molecule has 1 amide bonds. The SMILES string of the molecule is COc1cc(N2CCCC(C)(C(N)=O)C2)ccc1C. The summed E-state index contributed by atoms with van der Waals surface area (Å²) in [5.74, 6) is 0.667. The van der Waals surface area contributed by atoms with E-state index in [0.717, 1.165) is 36.4 Å². The lowest BCUT2D eigenvalue weighted by Gasteiger charge is -2.39. The summed E-state index contributed by atoms with van der Waals surface area (Å²) in [5, 5.41) is 0. The smallest absolute Gasteiger partial charge is 0.225 e. The van der Waals surface area contributed by atoms with E-state index in [-0.39, 0.29) is 5.91 Å². The van der Waals surface area contributed by atoms with Crippen LogP contribution in [0.2, 0.25) is 0 Å². The van der Waals surface area contributed by atoms with Crippen LogP contribution in [0.5, 0.6) is 5.75 Å². The lowest BCUT2D eigenvalue weighted by Crippen LogP contribution is -2.48. The second-order valence-electron chi connectivity index (χ2n) is 5.60. The predicted octanol–water partition coefficient (Wildman–Crippen LogP) is 2.10. The fourth-order valence-corrected chi connectivity index (χ4v) is 2.67. The Morgan fingerprint density at radius 2 is 2.21 bits per heavy atom. The number of hydrogen-bond acceptors (Lipinski definition) is 3. The first-order valence-corrected chi connectivity index (χ1v) is 6.66. The molecule has 1 unspecified atom stereocenters. The highest BCUT2D eigenvalue weighted by atomic mass is 16.5. The van der Waals surface area contributed by atoms with Crippen LogP contribution >= 0.6 is 0 Å². The van der Waals surface area contributed by atoms with E-state index in [1.807, 2.05) is 26.0 Å². The standard InChI is InChI=1S/C15H22N2O2/c1-11-5-6-12(9-13(11)19-3)17-8-4-7-15(2,10-17)14(16)18/h5-6,9H,4,7-8,10H2,1-3H3,(H2,16,18). The van der Waals surface area contributed by atoms with Gasteiger partial charge < -0.3 is 15.4 Å². The van der Waals surface area contributed by atoms with Gasteiger partial charge in [-0.2, -0.15) is 0 Å². The van der Waals surface area contributed by atoms with Crippen LogP contribution in [-0.2, 0) is 4.79 Å². The highest BCUT2D eigenvalue weighted by Crippen LogP contribution is 2.33. The van der Waals surface area contributed by atoms with Gasteiger partial charge in [0.2, 0.25) is 5.91 Å². The number of aryl methyl sites for hydroxylation is 1. The van der Waals surface area contributed by atoms with Crippen molar-refractivity contribution in [3.05, 3.63) is 23.8 Å². The molecule has 1 atom stereocenters. The summed E-state index contributed by atoms with van der Waals surface area (Å²) in [6.07, 6.45) is 1.84. The summed E-state index contributed by atoms with van der Waals surface area (Å²) in [6.45, 7) is 5.60. The van der Waals surface area contributed by atoms with Crippen molar-refractivity contribution >= 4 is 11.6 Å². The van der Waals surface area contributed by atoms with Gasteiger partial charge in [-0.3, -0.25) is 4.79 Å². The lowest BCUT2D eigenvalue weighted by atomic mass is 9.81. The van der Waals surface area contributed by atoms with Crippen molar-refractivity contribution in [1.82, 2.24) is 0 Å². The fourth-order valence-electron chi connectivity index (χ4n) is 2.67. The zero-order chi connectivity index (χ0) is 14.0. The molecule has 1 heterocycles. The Bertz CT molecular complexity index is 487. The molecule has 1 saturated heterocycles. The molecule has 1 aliphatic rings. The van der Waals surface area contributed by atoms with Gasteiger partial charge in [-0.15, -0.1) is 0 Å². The number of piperidine rings is 1. The largest absolute Gasteiger partial charge is 0.496 e. The summed E-state index contributed by atoms with van der Waals surface area (Å²) in [7, 11) is 1.68. The third-order valence-electron chi connectivity index (χ3n) is 4.05. The highest BCUT2D eigenvalue weighted by Gasteiger charge is 2.36. The van der Waals surface area contributed by atoms with Gasteiger partial charge in [-0.1, -0.05) is 6.07 Å². The van der Waals surface area contributed by atoms with Crippen LogP contribution in [0.4, 0.5) is 5.69 Å². The van der Waals surface area contributed by atoms with Gasteiger partial charge in [-0.05, 0) is 38.3 Å². The Hall–Kier alpha value is -1.71. The van der Waals surface area contributed by atoms with Crippen molar-refractivity contribution in [2.24, 2.45) is 11.1 Å². The molecule has 0 bridgehead atoms. The molecule has 0 spiro atoms. The fraction of sp³-hybridized carbons (Fsp3) is 0.533. The second-order valence-corrected chi connectivity index (χ2v) is 5.60. The Morgan fingerprint density at radius 1 is 1.47 bits per heavy atom. The van der Waals surface area contributed by atoms with Gasteiger partial charge in [0.05, 0.1) is 12.5 Å². The zero-order valence-electron chi connectivity index (χ0n) is 11.9. The summed E-state index contributed by atoms with van der Waals surface area (Å²) in [6, 6.07) is 6.15. The summed E-state index contributed by atoms with van der Waals surface area (Å²) in [4.78, 5) is 13.8. The molecule has 19 heavy (non-hydrogen) atoms. The maximum atomic E-state index is 11.6. The molecular weight excluding hydrogens is 240 g/mol. The van der Waals surface area contributed by atoms with Gasteiger partial charge in [0, 0.05) is 24.8 Å². The van der Waals surface area contributed by atoms with Crippen molar-refractivity contribution in [3.8, 4) is 5.75 Å². The molecule has 104 valence electrons. The molecule has 0 aliphatic carbocycles. The Labute approximate surface area is 114 Å². The molecule has 0 aromatic heterocycles. The molecule has 1 aromatic carbocycles. The molecule has 2 rings (SSSR count). The number of methoxy groups -OCH3 is 1. The van der Waals surface area contributed by atoms with Crippen molar-refractivity contribution in [3.63, 3.8) is 0 Å². The van der Waals surface area contributed by atoms with Crippen LogP contribution in [0, 0.1) is 12.3 Å². The van der Waals surface area contributed by atoms with Crippen LogP contribution in [0.3, 0.4) is 0 Å². The number of rotatable bonds is 3. The molecule has 4 heteroatoms. The third kappa shape index (κ3) is 2.67. The average Bonchev–Trinajstić information content (AvgIpc) is 2.39. The topological polar surface area (TPSA) is 55.6 Å². The number of carbonyl (C=O) groups is 1. The van der Waals surface area contributed by atoms with E-state index in [2.05, 4.69) is 11.0 Å². The number of primary amides is 1. The van der Waals surface area contributed by atoms with Crippen LogP contribution < -0.4 is 15.4 Å². The first kappa shape index (κ1) is 13.7. The molecule has 4 nitrogen and oxygen atoms in total. The van der Waals surface area contributed by atoms with E-state index in [4.69, 9.17) is 10.5 Å². The Balaban J connectivity index is 2.24. The molecular formula is C15H22N2O2. The lowest BCUT2D eigenvalue weighted by molar-refractivity contribution is -0.127. The molecule has 0 saturated carbocycles. The van der Waals surface area contributed by atoms with Crippen molar-refractivity contribution in [2.45, 2.75) is 26.7 Å². The number of amides is 1. The highest BCUT2D eigenvalue weighted by molar-refractivity contribution is 5.81. The maximum absolute atomic E-state index is 11.6. The number of nitrogens with two attached hydrogens (primary N) is 1. The van der Waals surface area contributed by atoms with Gasteiger partial charge in [-0.25, -0.2) is 0 Å². The van der Waals surface area contributed by atoms with Crippen molar-refractivity contribution in [1.29, 1.82) is 0 Å². The van der Waals surface area contributed by atoms with Gasteiger partial charge >= 0.3 is 0 Å². The number of anilines is 1. The molecule has 1 aliphatic heterocycles. The molecule has 1 aromatic rings. The van der Waals surface area contributed by atoms with Crippen LogP contribution in [-0.4, -0.2) is 26.1 Å². The normalized spacial score (nSPS) is 23.2. The van der Waals surface area contributed by atoms with Gasteiger partial charge in [0.25, 0.3) is 0 Å². The third-order valence-corrected chi connectivity index (χ3v) is 4.05. The van der Waals surface area contributed by atoms with Crippen LogP contribution in [0.1, 0.15) is 25.3 Å². The minimum Gasteiger partial charge on any atom is -0.496 e. The van der Waals surface area contributed by atoms with Crippen molar-refractivity contribution in [2.75, 3.05) is 25.1 Å². The van der Waals surface area contributed by atoms with Crippen LogP contribution in [0.15, 0.2) is 18.2 Å². The first-order chi connectivity index (χ1) is 8.96. The molecule has 2 N–H and O–H groups in total. The number of hydrogen-bond donors (Lipinski definition) is 1. The minimum atomic E-state index is -0.434. The summed E-state index contributed by atoms with van der Waals surface area (Å²) < 4.78 is 5.36. The number of nitrogens with zero attached hydrogens (tertiary/aromatic N) is 1. The summed E-state index contributed by atoms with van der Waals surface area (Å²) >= 11 is 0. The second kappa shape index (κ2) is 5.11. The van der Waals surface area contributed by atoms with Gasteiger partial charge in [0.15, 0.2) is 0 Å². The van der Waals surface area contributed by atoms with E-state index in [9.17, 15) is 4.79 Å². The van der Waals surface area contributed by atoms with E-state index in [1.54, 1.807) is 7.11 Å². The number of ether oxygens (including phenoxy) is 1. The van der Waals surface area contributed by atoms with E-state index in [1.165, 1.54) is 0 Å². The van der Waals surface area contributed by atoms with Crippen LogP contribution in [0.25, 0.3) is 0 Å². The van der Waals surface area contributed by atoms with E-state index < -0.39 is 5.41 Å². The van der Waals surface area contributed by atoms with Gasteiger partial charge in [0.1, 0.15) is 5.75 Å². The maximum Gasteiger partial charge on any atom is 0.225 e. The number of benzene rings is 1. The number of carbonyl (C=O) groups excluding carboxylic acids is 1. The first-order valence-electron chi connectivity index (χ1n) is 6.66. The minimum absolute atomic E-state index is 0.212. The van der Waals surface area contributed by atoms with E-state index >= 15 is 0 Å². The zero-order valence-corrected chi connectivity index (χ0v) is 11.9. The molecule has 0 radical (unpaired) electrons.